The van der Waals surface area contributed by atoms with E-state index in [-0.39, 0.29) is 0 Å². The molecule has 3 heteroatoms. The van der Waals surface area contributed by atoms with Crippen LogP contribution in [0.5, 0.6) is 0 Å². The van der Waals surface area contributed by atoms with Gasteiger partial charge in [-0.15, -0.1) is 0 Å². The van der Waals surface area contributed by atoms with Crippen LogP contribution in [-0.4, -0.2) is 14.5 Å². The highest BCUT2D eigenvalue weighted by molar-refractivity contribution is 7.79. The van der Waals surface area contributed by atoms with Crippen molar-refractivity contribution in [3.8, 4) is 0 Å². The number of hydrogen-bond donors (Lipinski definition) is 0. The van der Waals surface area contributed by atoms with Crippen molar-refractivity contribution in [2.24, 2.45) is 11.3 Å². The molecule has 1 unspecified atom stereocenters. The third-order valence-electron chi connectivity index (χ3n) is 2.83. The molecule has 0 aromatic heterocycles. The molecule has 0 bridgehead atoms. The smallest absolute Gasteiger partial charge is 0.0130 e. The summed E-state index contributed by atoms with van der Waals surface area (Å²) in [5.74, 6) is 0.798. The van der Waals surface area contributed by atoms with Gasteiger partial charge in [0.25, 0.3) is 0 Å². The summed E-state index contributed by atoms with van der Waals surface area (Å²) < 4.78 is 20.9. The van der Waals surface area contributed by atoms with E-state index in [1.54, 1.807) is 0 Å². The van der Waals surface area contributed by atoms with Crippen LogP contribution < -0.4 is 0 Å². The fourth-order valence-electron chi connectivity index (χ4n) is 1.82. The molecule has 1 rings (SSSR count). The topological polar surface area (TPSA) is 40.1 Å². The van der Waals surface area contributed by atoms with Gasteiger partial charge in [0, 0.05) is 5.75 Å². The maximum Gasteiger partial charge on any atom is 0.0130 e. The molecule has 72 valence electrons. The Bertz CT molecular complexity index is 167. The molecule has 0 N–H and O–H groups in total. The molecule has 1 atom stereocenters. The normalized spacial score (nSPS) is 26.9. The molecular formula is C9H17O2S-. The van der Waals surface area contributed by atoms with E-state index < -0.39 is 11.1 Å². The Morgan fingerprint density at radius 3 is 2.33 bits per heavy atom. The minimum Gasteiger partial charge on any atom is -0.772 e. The average Bonchev–Trinajstić information content (AvgIpc) is 1.93. The van der Waals surface area contributed by atoms with Gasteiger partial charge in [0.1, 0.15) is 0 Å². The van der Waals surface area contributed by atoms with E-state index in [9.17, 15) is 8.76 Å². The molecule has 0 aromatic carbocycles. The van der Waals surface area contributed by atoms with Crippen molar-refractivity contribution < 1.29 is 8.76 Å². The largest absolute Gasteiger partial charge is 0.772 e. The molecule has 1 fully saturated rings. The second-order valence-corrected chi connectivity index (χ2v) is 5.52. The van der Waals surface area contributed by atoms with Crippen LogP contribution in [0.4, 0.5) is 0 Å². The molecule has 1 saturated carbocycles. The Kier molecular flexibility index (Phi) is 3.29. The van der Waals surface area contributed by atoms with Crippen molar-refractivity contribution in [1.82, 2.24) is 0 Å². The van der Waals surface area contributed by atoms with Crippen molar-refractivity contribution in [3.05, 3.63) is 0 Å². The van der Waals surface area contributed by atoms with E-state index in [1.807, 2.05) is 0 Å². The summed E-state index contributed by atoms with van der Waals surface area (Å²) in [5, 5.41) is 0. The molecule has 0 amide bonds. The molecule has 1 aliphatic carbocycles. The van der Waals surface area contributed by atoms with Crippen LogP contribution in [0.25, 0.3) is 0 Å². The van der Waals surface area contributed by atoms with Crippen molar-refractivity contribution in [2.45, 2.75) is 39.5 Å². The van der Waals surface area contributed by atoms with Crippen molar-refractivity contribution in [3.63, 3.8) is 0 Å². The van der Waals surface area contributed by atoms with Crippen molar-refractivity contribution >= 4 is 11.1 Å². The van der Waals surface area contributed by atoms with E-state index in [0.717, 1.165) is 12.8 Å². The molecule has 0 heterocycles. The predicted octanol–water partition coefficient (Wildman–Crippen LogP) is 2.08. The van der Waals surface area contributed by atoms with Gasteiger partial charge >= 0.3 is 0 Å². The quantitative estimate of drug-likeness (QED) is 0.624. The fraction of sp³-hybridized carbons (Fsp3) is 1.00. The SMILES string of the molecule is CC1(C)CCC(CS(=O)[O-])CC1. The van der Waals surface area contributed by atoms with Gasteiger partial charge in [0.05, 0.1) is 0 Å². The van der Waals surface area contributed by atoms with Crippen LogP contribution in [0.15, 0.2) is 0 Å². The van der Waals surface area contributed by atoms with Crippen LogP contribution in [0.1, 0.15) is 39.5 Å². The minimum atomic E-state index is -1.84. The highest BCUT2D eigenvalue weighted by atomic mass is 32.2. The maximum atomic E-state index is 10.4. The van der Waals surface area contributed by atoms with Gasteiger partial charge in [0.15, 0.2) is 0 Å². The maximum absolute atomic E-state index is 10.4. The second kappa shape index (κ2) is 3.88. The first kappa shape index (κ1) is 10.2. The molecule has 12 heavy (non-hydrogen) atoms. The molecule has 2 nitrogen and oxygen atoms in total. The predicted molar refractivity (Wildman–Crippen MR) is 49.5 cm³/mol. The Morgan fingerprint density at radius 1 is 1.42 bits per heavy atom. The van der Waals surface area contributed by atoms with Gasteiger partial charge in [-0.25, -0.2) is 0 Å². The van der Waals surface area contributed by atoms with Gasteiger partial charge in [-0.05, 0) is 37.0 Å². The lowest BCUT2D eigenvalue weighted by atomic mass is 9.74. The highest BCUT2D eigenvalue weighted by Gasteiger charge is 2.26. The standard InChI is InChI=1S/C9H18O2S/c1-9(2)5-3-8(4-6-9)7-12(10)11/h8H,3-7H2,1-2H3,(H,10,11)/p-1. The lowest BCUT2D eigenvalue weighted by molar-refractivity contribution is 0.201. The van der Waals surface area contributed by atoms with Gasteiger partial charge in [0.2, 0.25) is 0 Å². The average molecular weight is 189 g/mol. The van der Waals surface area contributed by atoms with E-state index in [0.29, 0.717) is 17.1 Å². The zero-order valence-electron chi connectivity index (χ0n) is 7.84. The van der Waals surface area contributed by atoms with Gasteiger partial charge < -0.3 is 4.55 Å². The van der Waals surface area contributed by atoms with Crippen molar-refractivity contribution in [1.29, 1.82) is 0 Å². The molecule has 0 aromatic rings. The first-order chi connectivity index (χ1) is 5.49. The molecule has 0 spiro atoms. The zero-order chi connectivity index (χ0) is 9.19. The highest BCUT2D eigenvalue weighted by Crippen LogP contribution is 2.37. The number of rotatable bonds is 2. The third-order valence-corrected chi connectivity index (χ3v) is 3.57. The first-order valence-electron chi connectivity index (χ1n) is 4.55. The monoisotopic (exact) mass is 189 g/mol. The van der Waals surface area contributed by atoms with E-state index in [4.69, 9.17) is 0 Å². The molecule has 0 radical (unpaired) electrons. The van der Waals surface area contributed by atoms with E-state index in [1.165, 1.54) is 12.8 Å². The summed E-state index contributed by atoms with van der Waals surface area (Å²) in [5.41, 5.74) is 0.445. The summed E-state index contributed by atoms with van der Waals surface area (Å²) in [6.45, 7) is 4.52. The second-order valence-electron chi connectivity index (χ2n) is 4.58. The molecule has 0 aliphatic heterocycles. The van der Waals surface area contributed by atoms with Crippen LogP contribution in [0.2, 0.25) is 0 Å². The summed E-state index contributed by atoms with van der Waals surface area (Å²) in [6.07, 6.45) is 4.52. The lowest BCUT2D eigenvalue weighted by Crippen LogP contribution is -2.24. The summed E-state index contributed by atoms with van der Waals surface area (Å²) in [4.78, 5) is 0. The fourth-order valence-corrected chi connectivity index (χ4v) is 2.54. The lowest BCUT2D eigenvalue weighted by Gasteiger charge is -2.34. The van der Waals surface area contributed by atoms with Gasteiger partial charge in [-0.2, -0.15) is 0 Å². The van der Waals surface area contributed by atoms with Gasteiger partial charge in [-0.1, -0.05) is 24.9 Å². The van der Waals surface area contributed by atoms with E-state index in [2.05, 4.69) is 13.8 Å². The van der Waals surface area contributed by atoms with E-state index >= 15 is 0 Å². The Hall–Kier alpha value is 0.110. The van der Waals surface area contributed by atoms with Crippen LogP contribution in [-0.2, 0) is 11.1 Å². The zero-order valence-corrected chi connectivity index (χ0v) is 8.65. The number of hydrogen-bond acceptors (Lipinski definition) is 2. The summed E-state index contributed by atoms with van der Waals surface area (Å²) in [7, 11) is 0. The Labute approximate surface area is 77.0 Å². The molecule has 1 aliphatic rings. The van der Waals surface area contributed by atoms with Crippen LogP contribution in [0.3, 0.4) is 0 Å². The first-order valence-corrected chi connectivity index (χ1v) is 5.80. The Morgan fingerprint density at radius 2 is 1.92 bits per heavy atom. The van der Waals surface area contributed by atoms with Crippen LogP contribution in [0, 0.1) is 11.3 Å². The third kappa shape index (κ3) is 3.23. The van der Waals surface area contributed by atoms with Crippen molar-refractivity contribution in [2.75, 3.05) is 5.75 Å². The van der Waals surface area contributed by atoms with Crippen LogP contribution >= 0.6 is 0 Å². The minimum absolute atomic E-state index is 0.371. The molecule has 0 saturated heterocycles. The summed E-state index contributed by atoms with van der Waals surface area (Å²) >= 11 is -1.84. The van der Waals surface area contributed by atoms with Gasteiger partial charge in [-0.3, -0.25) is 4.21 Å². The Balaban J connectivity index is 2.31. The summed E-state index contributed by atoms with van der Waals surface area (Å²) in [6, 6.07) is 0. The molecular weight excluding hydrogens is 172 g/mol.